The predicted octanol–water partition coefficient (Wildman–Crippen LogP) is 0.207. The molecule has 166 valence electrons. The number of benzene rings is 2. The molecule has 1 aliphatic rings. The van der Waals surface area contributed by atoms with E-state index in [4.69, 9.17) is 5.14 Å². The van der Waals surface area contributed by atoms with Gasteiger partial charge in [-0.3, -0.25) is 19.4 Å². The van der Waals surface area contributed by atoms with E-state index in [0.717, 1.165) is 5.56 Å². The minimum atomic E-state index is -3.82. The summed E-state index contributed by atoms with van der Waals surface area (Å²) < 4.78 is 22.9. The minimum absolute atomic E-state index is 0.0233. The lowest BCUT2D eigenvalue weighted by molar-refractivity contribution is -0.123. The van der Waals surface area contributed by atoms with Crippen molar-refractivity contribution in [2.75, 3.05) is 44.6 Å². The second-order valence-electron chi connectivity index (χ2n) is 7.44. The number of hydrogen-bond donors (Lipinski definition) is 3. The van der Waals surface area contributed by atoms with Crippen LogP contribution in [0.1, 0.15) is 5.56 Å². The molecule has 0 saturated carbocycles. The number of rotatable bonds is 8. The number of carbonyl (C=O) groups is 2. The minimum Gasteiger partial charge on any atom is -0.351 e. The maximum atomic E-state index is 12.3. The molecule has 2 aromatic carbocycles. The lowest BCUT2D eigenvalue weighted by atomic mass is 10.2. The number of nitrogens with one attached hydrogen (secondary N) is 2. The molecule has 0 spiro atoms. The molecule has 3 rings (SSSR count). The first kappa shape index (κ1) is 22.9. The Balaban J connectivity index is 1.39. The van der Waals surface area contributed by atoms with Crippen molar-refractivity contribution in [3.8, 4) is 0 Å². The van der Waals surface area contributed by atoms with Crippen molar-refractivity contribution in [2.45, 2.75) is 11.4 Å². The van der Waals surface area contributed by atoms with Crippen LogP contribution in [0.4, 0.5) is 5.69 Å². The maximum absolute atomic E-state index is 12.3. The molecule has 31 heavy (non-hydrogen) atoms. The smallest absolute Gasteiger partial charge is 0.238 e. The van der Waals surface area contributed by atoms with Gasteiger partial charge in [-0.15, -0.1) is 0 Å². The van der Waals surface area contributed by atoms with Crippen LogP contribution in [-0.4, -0.2) is 69.3 Å². The molecule has 2 amide bonds. The van der Waals surface area contributed by atoms with Gasteiger partial charge in [-0.1, -0.05) is 36.4 Å². The van der Waals surface area contributed by atoms with E-state index in [1.165, 1.54) is 18.2 Å². The van der Waals surface area contributed by atoms with Gasteiger partial charge >= 0.3 is 0 Å². The summed E-state index contributed by atoms with van der Waals surface area (Å²) >= 11 is 0. The topological polar surface area (TPSA) is 125 Å². The first-order valence-electron chi connectivity index (χ1n) is 9.98. The van der Waals surface area contributed by atoms with Crippen molar-refractivity contribution in [1.29, 1.82) is 0 Å². The van der Waals surface area contributed by atoms with Crippen LogP contribution in [-0.2, 0) is 26.2 Å². The van der Waals surface area contributed by atoms with Crippen molar-refractivity contribution in [2.24, 2.45) is 5.14 Å². The van der Waals surface area contributed by atoms with E-state index < -0.39 is 10.0 Å². The zero-order chi connectivity index (χ0) is 22.3. The van der Waals surface area contributed by atoms with Crippen LogP contribution in [0.15, 0.2) is 59.5 Å². The van der Waals surface area contributed by atoms with Crippen molar-refractivity contribution in [3.05, 3.63) is 60.2 Å². The first-order valence-corrected chi connectivity index (χ1v) is 11.5. The van der Waals surface area contributed by atoms with Crippen LogP contribution >= 0.6 is 0 Å². The Hall–Kier alpha value is -2.79. The number of carbonyl (C=O) groups excluding carboxylic acids is 2. The Morgan fingerprint density at radius 3 is 2.10 bits per heavy atom. The average Bonchev–Trinajstić information content (AvgIpc) is 2.74. The molecule has 1 fully saturated rings. The summed E-state index contributed by atoms with van der Waals surface area (Å²) in [5.41, 5.74) is 1.44. The van der Waals surface area contributed by atoms with Crippen LogP contribution in [0.3, 0.4) is 0 Å². The molecule has 1 saturated heterocycles. The van der Waals surface area contributed by atoms with E-state index in [0.29, 0.717) is 45.0 Å². The summed E-state index contributed by atoms with van der Waals surface area (Å²) in [5.74, 6) is -0.259. The molecule has 10 heteroatoms. The third kappa shape index (κ3) is 7.44. The van der Waals surface area contributed by atoms with Crippen LogP contribution in [0, 0.1) is 0 Å². The highest BCUT2D eigenvalue weighted by atomic mass is 32.2. The number of amides is 2. The molecule has 9 nitrogen and oxygen atoms in total. The molecule has 1 heterocycles. The molecule has 0 aliphatic carbocycles. The highest BCUT2D eigenvalue weighted by molar-refractivity contribution is 7.89. The number of sulfonamides is 1. The molecule has 0 bridgehead atoms. The average molecular weight is 446 g/mol. The summed E-state index contributed by atoms with van der Waals surface area (Å²) in [6.07, 6.45) is 0. The zero-order valence-electron chi connectivity index (χ0n) is 17.2. The lowest BCUT2D eigenvalue weighted by Gasteiger charge is -2.33. The lowest BCUT2D eigenvalue weighted by Crippen LogP contribution is -2.50. The predicted molar refractivity (Wildman–Crippen MR) is 118 cm³/mol. The van der Waals surface area contributed by atoms with E-state index >= 15 is 0 Å². The number of nitrogens with two attached hydrogens (primary N) is 1. The zero-order valence-corrected chi connectivity index (χ0v) is 18.0. The van der Waals surface area contributed by atoms with Crippen LogP contribution in [0.25, 0.3) is 0 Å². The summed E-state index contributed by atoms with van der Waals surface area (Å²) in [6, 6.07) is 15.6. The van der Waals surface area contributed by atoms with Gasteiger partial charge in [0.15, 0.2) is 0 Å². The number of hydrogen-bond acceptors (Lipinski definition) is 6. The van der Waals surface area contributed by atoms with E-state index in [1.54, 1.807) is 6.07 Å². The van der Waals surface area contributed by atoms with Crippen molar-refractivity contribution in [1.82, 2.24) is 15.1 Å². The third-order valence-corrected chi connectivity index (χ3v) is 5.89. The Morgan fingerprint density at radius 2 is 1.48 bits per heavy atom. The van der Waals surface area contributed by atoms with Crippen LogP contribution < -0.4 is 15.8 Å². The normalized spacial score (nSPS) is 15.4. The second kappa shape index (κ2) is 10.5. The quantitative estimate of drug-likeness (QED) is 0.533. The summed E-state index contributed by atoms with van der Waals surface area (Å²) in [7, 11) is -3.82. The fraction of sp³-hybridized carbons (Fsp3) is 0.333. The van der Waals surface area contributed by atoms with Gasteiger partial charge in [0.05, 0.1) is 18.0 Å². The summed E-state index contributed by atoms with van der Waals surface area (Å²) in [6.45, 7) is 3.72. The van der Waals surface area contributed by atoms with E-state index in [9.17, 15) is 18.0 Å². The molecule has 1 aliphatic heterocycles. The molecule has 4 N–H and O–H groups in total. The highest BCUT2D eigenvalue weighted by Crippen LogP contribution is 2.14. The largest absolute Gasteiger partial charge is 0.351 e. The Kier molecular flexibility index (Phi) is 7.75. The highest BCUT2D eigenvalue weighted by Gasteiger charge is 2.20. The third-order valence-electron chi connectivity index (χ3n) is 4.98. The van der Waals surface area contributed by atoms with E-state index in [1.807, 2.05) is 35.2 Å². The molecular formula is C21H27N5O4S. The molecule has 0 radical (unpaired) electrons. The van der Waals surface area contributed by atoms with Gasteiger partial charge < -0.3 is 10.6 Å². The van der Waals surface area contributed by atoms with E-state index in [2.05, 4.69) is 15.5 Å². The number of nitrogens with zero attached hydrogens (tertiary/aromatic N) is 2. The first-order chi connectivity index (χ1) is 14.8. The molecule has 0 unspecified atom stereocenters. The standard InChI is InChI=1S/C21H27N5O4S/c22-31(29,30)19-8-4-7-18(13-19)24-21(28)16-26-11-9-25(10-12-26)15-20(27)23-14-17-5-2-1-3-6-17/h1-8,13H,9-12,14-16H2,(H,23,27)(H,24,28)(H2,22,29,30). The molecule has 0 atom stereocenters. The van der Waals surface area contributed by atoms with Gasteiger partial charge in [-0.2, -0.15) is 0 Å². The number of piperazine rings is 1. The summed E-state index contributed by atoms with van der Waals surface area (Å²) in [4.78, 5) is 28.5. The van der Waals surface area contributed by atoms with Crippen LogP contribution in [0.2, 0.25) is 0 Å². The van der Waals surface area contributed by atoms with Crippen molar-refractivity contribution in [3.63, 3.8) is 0 Å². The van der Waals surface area contributed by atoms with E-state index in [-0.39, 0.29) is 23.3 Å². The monoisotopic (exact) mass is 445 g/mol. The fourth-order valence-corrected chi connectivity index (χ4v) is 3.87. The molecule has 2 aromatic rings. The van der Waals surface area contributed by atoms with Gasteiger partial charge in [0.2, 0.25) is 21.8 Å². The van der Waals surface area contributed by atoms with Crippen LogP contribution in [0.5, 0.6) is 0 Å². The Morgan fingerprint density at radius 1 is 0.871 bits per heavy atom. The van der Waals surface area contributed by atoms with Crippen molar-refractivity contribution < 1.29 is 18.0 Å². The number of primary sulfonamides is 1. The fourth-order valence-electron chi connectivity index (χ4n) is 3.32. The second-order valence-corrected chi connectivity index (χ2v) is 9.00. The Bertz CT molecular complexity index is 1010. The SMILES string of the molecule is NS(=O)(=O)c1cccc(NC(=O)CN2CCN(CC(=O)NCc3ccccc3)CC2)c1. The van der Waals surface area contributed by atoms with Crippen molar-refractivity contribution >= 4 is 27.5 Å². The van der Waals surface area contributed by atoms with Gasteiger partial charge in [-0.05, 0) is 23.8 Å². The molecular weight excluding hydrogens is 418 g/mol. The maximum Gasteiger partial charge on any atom is 0.238 e. The summed E-state index contributed by atoms with van der Waals surface area (Å²) in [5, 5.41) is 10.7. The Labute approximate surface area is 182 Å². The van der Waals surface area contributed by atoms with Gasteiger partial charge in [0, 0.05) is 38.4 Å². The van der Waals surface area contributed by atoms with Gasteiger partial charge in [0.25, 0.3) is 0 Å². The van der Waals surface area contributed by atoms with Gasteiger partial charge in [0.1, 0.15) is 0 Å². The number of anilines is 1. The van der Waals surface area contributed by atoms with Gasteiger partial charge in [-0.25, -0.2) is 13.6 Å². The molecule has 0 aromatic heterocycles.